The second-order valence-electron chi connectivity index (χ2n) is 6.40. The number of hydrogen-bond acceptors (Lipinski definition) is 7. The van der Waals surface area contributed by atoms with Crippen LogP contribution in [0.5, 0.6) is 5.75 Å². The number of carbonyl (C=O) groups excluding carboxylic acids is 2. The topological polar surface area (TPSA) is 168 Å². The Kier molecular flexibility index (Phi) is 10.4. The molecule has 0 unspecified atom stereocenters. The predicted molar refractivity (Wildman–Crippen MR) is 108 cm³/mol. The maximum atomic E-state index is 12.4. The summed E-state index contributed by atoms with van der Waals surface area (Å²) in [6.45, 7) is 0.508. The predicted octanol–water partition coefficient (Wildman–Crippen LogP) is -0.625. The highest BCUT2D eigenvalue weighted by molar-refractivity contribution is 7.80. The summed E-state index contributed by atoms with van der Waals surface area (Å²) < 4.78 is 0. The zero-order valence-corrected chi connectivity index (χ0v) is 16.4. The van der Waals surface area contributed by atoms with Crippen LogP contribution in [0.25, 0.3) is 0 Å². The number of aliphatic carboxylic acids is 1. The van der Waals surface area contributed by atoms with Crippen LogP contribution in [0.4, 0.5) is 0 Å². The molecule has 28 heavy (non-hydrogen) atoms. The molecule has 0 aliphatic heterocycles. The van der Waals surface area contributed by atoms with Crippen LogP contribution in [-0.4, -0.2) is 58.4 Å². The van der Waals surface area contributed by atoms with Crippen LogP contribution >= 0.6 is 12.6 Å². The van der Waals surface area contributed by atoms with Crippen LogP contribution in [0, 0.1) is 0 Å². The Hall–Kier alpha value is -2.30. The maximum absolute atomic E-state index is 12.4. The van der Waals surface area contributed by atoms with Crippen molar-refractivity contribution in [3.05, 3.63) is 29.8 Å². The Bertz CT molecular complexity index is 656. The highest BCUT2D eigenvalue weighted by Gasteiger charge is 2.27. The van der Waals surface area contributed by atoms with Crippen molar-refractivity contribution in [3.63, 3.8) is 0 Å². The molecule has 1 aromatic carbocycles. The molecule has 0 aliphatic rings. The molecule has 3 atom stereocenters. The summed E-state index contributed by atoms with van der Waals surface area (Å²) in [4.78, 5) is 36.0. The molecule has 0 saturated heterocycles. The Morgan fingerprint density at radius 2 is 1.64 bits per heavy atom. The number of phenols is 1. The van der Waals surface area contributed by atoms with Gasteiger partial charge in [0.05, 0.1) is 6.04 Å². The highest BCUT2D eigenvalue weighted by Crippen LogP contribution is 2.11. The standard InChI is InChI=1S/C18H28N4O5S/c19-8-2-1-3-13(20)16(24)22-15(10-28)17(25)21-14(18(26)27)9-11-4-6-12(23)7-5-11/h4-7,13-15,23,28H,1-3,8-10,19-20H2,(H,21,25)(H,22,24)(H,26,27)/t13-,14-,15-/m0/s1. The lowest BCUT2D eigenvalue weighted by Crippen LogP contribution is -2.55. The lowest BCUT2D eigenvalue weighted by Gasteiger charge is -2.22. The first-order valence-electron chi connectivity index (χ1n) is 8.96. The molecule has 10 heteroatoms. The minimum Gasteiger partial charge on any atom is -0.508 e. The number of aromatic hydroxyl groups is 1. The third-order valence-electron chi connectivity index (χ3n) is 4.11. The van der Waals surface area contributed by atoms with Crippen molar-refractivity contribution in [2.75, 3.05) is 12.3 Å². The average Bonchev–Trinajstić information content (AvgIpc) is 2.66. The van der Waals surface area contributed by atoms with Gasteiger partial charge < -0.3 is 32.3 Å². The van der Waals surface area contributed by atoms with Gasteiger partial charge >= 0.3 is 5.97 Å². The van der Waals surface area contributed by atoms with E-state index in [2.05, 4.69) is 23.3 Å². The van der Waals surface area contributed by atoms with Crippen molar-refractivity contribution < 1.29 is 24.6 Å². The molecule has 0 aliphatic carbocycles. The molecule has 0 aromatic heterocycles. The van der Waals surface area contributed by atoms with Crippen LogP contribution in [0.3, 0.4) is 0 Å². The van der Waals surface area contributed by atoms with Crippen LogP contribution in [0.15, 0.2) is 24.3 Å². The second-order valence-corrected chi connectivity index (χ2v) is 6.77. The van der Waals surface area contributed by atoms with Crippen molar-refractivity contribution in [2.45, 2.75) is 43.8 Å². The van der Waals surface area contributed by atoms with Gasteiger partial charge in [-0.05, 0) is 37.1 Å². The molecule has 0 saturated carbocycles. The van der Waals surface area contributed by atoms with E-state index in [1.165, 1.54) is 12.1 Å². The van der Waals surface area contributed by atoms with Gasteiger partial charge in [0.1, 0.15) is 17.8 Å². The third-order valence-corrected chi connectivity index (χ3v) is 4.48. The number of nitrogens with one attached hydrogen (secondary N) is 2. The number of hydrogen-bond donors (Lipinski definition) is 7. The second kappa shape index (κ2) is 12.2. The first kappa shape index (κ1) is 23.7. The molecule has 1 rings (SSSR count). The summed E-state index contributed by atoms with van der Waals surface area (Å²) in [5.74, 6) is -2.34. The number of carbonyl (C=O) groups is 3. The van der Waals surface area contributed by atoms with E-state index in [-0.39, 0.29) is 17.9 Å². The van der Waals surface area contributed by atoms with Gasteiger partial charge in [0.2, 0.25) is 11.8 Å². The van der Waals surface area contributed by atoms with E-state index < -0.39 is 35.9 Å². The van der Waals surface area contributed by atoms with E-state index in [4.69, 9.17) is 11.5 Å². The van der Waals surface area contributed by atoms with Crippen LogP contribution in [0.1, 0.15) is 24.8 Å². The zero-order chi connectivity index (χ0) is 21.1. The SMILES string of the molecule is NCCCC[C@H](N)C(=O)N[C@@H](CS)C(=O)N[C@@H](Cc1ccc(O)cc1)C(=O)O. The fraction of sp³-hybridized carbons (Fsp3) is 0.500. The summed E-state index contributed by atoms with van der Waals surface area (Å²) in [6, 6.07) is 2.99. The van der Waals surface area contributed by atoms with E-state index in [1.807, 2.05) is 0 Å². The van der Waals surface area contributed by atoms with Crippen molar-refractivity contribution in [1.29, 1.82) is 0 Å². The van der Waals surface area contributed by atoms with Crippen molar-refractivity contribution in [1.82, 2.24) is 10.6 Å². The van der Waals surface area contributed by atoms with E-state index in [0.717, 1.165) is 6.42 Å². The molecule has 0 radical (unpaired) electrons. The molecule has 0 bridgehead atoms. The summed E-state index contributed by atoms with van der Waals surface area (Å²) >= 11 is 4.06. The lowest BCUT2D eigenvalue weighted by molar-refractivity contribution is -0.142. The van der Waals surface area contributed by atoms with Crippen molar-refractivity contribution >= 4 is 30.4 Å². The summed E-state index contributed by atoms with van der Waals surface area (Å²) in [5, 5.41) is 23.6. The number of amides is 2. The molecule has 2 amide bonds. The quantitative estimate of drug-likeness (QED) is 0.177. The molecule has 0 spiro atoms. The average molecular weight is 413 g/mol. The van der Waals surface area contributed by atoms with Gasteiger partial charge in [-0.3, -0.25) is 9.59 Å². The maximum Gasteiger partial charge on any atom is 0.326 e. The lowest BCUT2D eigenvalue weighted by atomic mass is 10.1. The molecule has 0 fully saturated rings. The first-order chi connectivity index (χ1) is 13.3. The highest BCUT2D eigenvalue weighted by atomic mass is 32.1. The van der Waals surface area contributed by atoms with E-state index in [1.54, 1.807) is 12.1 Å². The van der Waals surface area contributed by atoms with Crippen LogP contribution < -0.4 is 22.1 Å². The Balaban J connectivity index is 2.66. The van der Waals surface area contributed by atoms with Gasteiger partial charge in [-0.1, -0.05) is 18.6 Å². The third kappa shape index (κ3) is 8.15. The number of phenolic OH excluding ortho intramolecular Hbond substituents is 1. The van der Waals surface area contributed by atoms with Crippen molar-refractivity contribution in [3.8, 4) is 5.75 Å². The van der Waals surface area contributed by atoms with Gasteiger partial charge in [0.15, 0.2) is 0 Å². The zero-order valence-electron chi connectivity index (χ0n) is 15.5. The number of nitrogens with two attached hydrogens (primary N) is 2. The monoisotopic (exact) mass is 412 g/mol. The summed E-state index contributed by atoms with van der Waals surface area (Å²) in [5.41, 5.74) is 11.8. The molecule has 156 valence electrons. The first-order valence-corrected chi connectivity index (χ1v) is 9.59. The fourth-order valence-electron chi connectivity index (χ4n) is 2.45. The van der Waals surface area contributed by atoms with E-state index >= 15 is 0 Å². The Labute approximate surface area is 169 Å². The van der Waals surface area contributed by atoms with Gasteiger partial charge in [-0.15, -0.1) is 0 Å². The molecule has 8 N–H and O–H groups in total. The number of carboxylic acids is 1. The molecule has 9 nitrogen and oxygen atoms in total. The Morgan fingerprint density at radius 1 is 1.04 bits per heavy atom. The molecular formula is C18H28N4O5S. The molecule has 0 heterocycles. The fourth-order valence-corrected chi connectivity index (χ4v) is 2.71. The number of rotatable bonds is 12. The largest absolute Gasteiger partial charge is 0.508 e. The van der Waals surface area contributed by atoms with Gasteiger partial charge in [-0.25, -0.2) is 4.79 Å². The molecular weight excluding hydrogens is 384 g/mol. The normalized spacial score (nSPS) is 14.0. The van der Waals surface area contributed by atoms with Crippen LogP contribution in [0.2, 0.25) is 0 Å². The van der Waals surface area contributed by atoms with Gasteiger partial charge in [0.25, 0.3) is 0 Å². The summed E-state index contributed by atoms with van der Waals surface area (Å²) in [7, 11) is 0. The minimum absolute atomic E-state index is 0.0152. The number of benzene rings is 1. The van der Waals surface area contributed by atoms with Gasteiger partial charge in [-0.2, -0.15) is 12.6 Å². The van der Waals surface area contributed by atoms with Crippen LogP contribution in [-0.2, 0) is 20.8 Å². The Morgan fingerprint density at radius 3 is 2.18 bits per heavy atom. The minimum atomic E-state index is -1.22. The van der Waals surface area contributed by atoms with Crippen molar-refractivity contribution in [2.24, 2.45) is 11.5 Å². The number of carboxylic acid groups (broad SMARTS) is 1. The van der Waals surface area contributed by atoms with E-state index in [9.17, 15) is 24.6 Å². The smallest absolute Gasteiger partial charge is 0.326 e. The van der Waals surface area contributed by atoms with E-state index in [0.29, 0.717) is 24.9 Å². The van der Waals surface area contributed by atoms with Gasteiger partial charge in [0, 0.05) is 12.2 Å². The number of thiol groups is 1. The number of unbranched alkanes of at least 4 members (excludes halogenated alkanes) is 1. The molecule has 1 aromatic rings. The summed E-state index contributed by atoms with van der Waals surface area (Å²) in [6.07, 6.45) is 1.89.